The van der Waals surface area contributed by atoms with Gasteiger partial charge in [0.05, 0.1) is 6.20 Å². The third-order valence-electron chi connectivity index (χ3n) is 3.30. The summed E-state index contributed by atoms with van der Waals surface area (Å²) in [5.41, 5.74) is 1.89. The summed E-state index contributed by atoms with van der Waals surface area (Å²) in [5.74, 6) is 0.786. The Morgan fingerprint density at radius 3 is 2.52 bits per heavy atom. The monoisotopic (exact) mass is 309 g/mol. The Kier molecular flexibility index (Phi) is 4.42. The predicted molar refractivity (Wildman–Crippen MR) is 88.1 cm³/mol. The van der Waals surface area contributed by atoms with Gasteiger partial charge in [0.15, 0.2) is 5.82 Å². The van der Waals surface area contributed by atoms with Crippen LogP contribution in [0.2, 0.25) is 0 Å². The number of rotatable bonds is 5. The van der Waals surface area contributed by atoms with Crippen LogP contribution < -0.4 is 10.2 Å². The fraction of sp³-hybridized carbons (Fsp3) is 0.118. The molecule has 0 atom stereocenters. The summed E-state index contributed by atoms with van der Waals surface area (Å²) in [6.45, 7) is 0.718. The average Bonchev–Trinajstić information content (AvgIpc) is 2.58. The van der Waals surface area contributed by atoms with Crippen molar-refractivity contribution in [2.75, 3.05) is 17.3 Å². The van der Waals surface area contributed by atoms with E-state index in [0.29, 0.717) is 17.5 Å². The van der Waals surface area contributed by atoms with Gasteiger partial charge < -0.3 is 10.2 Å². The fourth-order valence-electron chi connectivity index (χ4n) is 2.13. The van der Waals surface area contributed by atoms with E-state index in [4.69, 9.17) is 0 Å². The number of nitrogens with zero attached hydrogens (tertiary/aromatic N) is 4. The molecule has 23 heavy (non-hydrogen) atoms. The molecule has 3 rings (SSSR count). The first-order valence-electron chi connectivity index (χ1n) is 7.18. The van der Waals surface area contributed by atoms with Gasteiger partial charge in [0.1, 0.15) is 5.82 Å². The van der Waals surface area contributed by atoms with Crippen LogP contribution in [0.4, 0.5) is 21.8 Å². The maximum absolute atomic E-state index is 12.9. The van der Waals surface area contributed by atoms with Crippen LogP contribution in [-0.4, -0.2) is 22.2 Å². The van der Waals surface area contributed by atoms with Crippen molar-refractivity contribution in [2.24, 2.45) is 0 Å². The van der Waals surface area contributed by atoms with Gasteiger partial charge in [-0.1, -0.05) is 30.3 Å². The molecule has 0 radical (unpaired) electrons. The second-order valence-corrected chi connectivity index (χ2v) is 5.11. The molecule has 0 saturated carbocycles. The first kappa shape index (κ1) is 14.9. The summed E-state index contributed by atoms with van der Waals surface area (Å²) in [5, 5.41) is 10.9. The predicted octanol–water partition coefficient (Wildman–Crippen LogP) is 3.39. The highest BCUT2D eigenvalue weighted by atomic mass is 19.1. The molecule has 2 aromatic carbocycles. The molecule has 1 N–H and O–H groups in total. The second-order valence-electron chi connectivity index (χ2n) is 5.11. The molecule has 1 aromatic heterocycles. The first-order chi connectivity index (χ1) is 11.2. The molecular weight excluding hydrogens is 293 g/mol. The van der Waals surface area contributed by atoms with Crippen LogP contribution in [0.25, 0.3) is 0 Å². The number of anilines is 3. The van der Waals surface area contributed by atoms with E-state index in [9.17, 15) is 4.39 Å². The lowest BCUT2D eigenvalue weighted by molar-refractivity contribution is 0.628. The van der Waals surface area contributed by atoms with Crippen LogP contribution in [-0.2, 0) is 6.54 Å². The third kappa shape index (κ3) is 4.00. The van der Waals surface area contributed by atoms with Gasteiger partial charge in [0.2, 0.25) is 5.95 Å². The minimum Gasteiger partial charge on any atom is -0.354 e. The molecule has 0 aliphatic heterocycles. The fourth-order valence-corrected chi connectivity index (χ4v) is 2.13. The molecule has 0 aliphatic rings. The van der Waals surface area contributed by atoms with Gasteiger partial charge in [-0.2, -0.15) is 10.1 Å². The first-order valence-corrected chi connectivity index (χ1v) is 7.18. The Labute approximate surface area is 133 Å². The number of nitrogens with one attached hydrogen (secondary N) is 1. The summed E-state index contributed by atoms with van der Waals surface area (Å²) in [7, 11) is 1.94. The molecule has 1 heterocycles. The summed E-state index contributed by atoms with van der Waals surface area (Å²) < 4.78 is 12.9. The van der Waals surface area contributed by atoms with Gasteiger partial charge in [-0.05, 0) is 29.8 Å². The summed E-state index contributed by atoms with van der Waals surface area (Å²) >= 11 is 0. The number of hydrogen-bond acceptors (Lipinski definition) is 5. The lowest BCUT2D eigenvalue weighted by Gasteiger charge is -2.18. The minimum atomic E-state index is -0.286. The van der Waals surface area contributed by atoms with Gasteiger partial charge >= 0.3 is 0 Å². The largest absolute Gasteiger partial charge is 0.354 e. The van der Waals surface area contributed by atoms with Crippen molar-refractivity contribution >= 4 is 17.5 Å². The molecule has 0 unspecified atom stereocenters. The van der Waals surface area contributed by atoms with Crippen molar-refractivity contribution in [3.8, 4) is 0 Å². The van der Waals surface area contributed by atoms with E-state index in [1.807, 2.05) is 30.1 Å². The Bertz CT molecular complexity index is 761. The normalized spacial score (nSPS) is 10.3. The van der Waals surface area contributed by atoms with Crippen molar-refractivity contribution in [3.63, 3.8) is 0 Å². The van der Waals surface area contributed by atoms with Gasteiger partial charge in [-0.25, -0.2) is 4.39 Å². The van der Waals surface area contributed by atoms with Crippen molar-refractivity contribution in [3.05, 3.63) is 72.2 Å². The molecule has 3 aromatic rings. The quantitative estimate of drug-likeness (QED) is 0.783. The maximum atomic E-state index is 12.9. The summed E-state index contributed by atoms with van der Waals surface area (Å²) in [6, 6.07) is 16.1. The molecule has 0 aliphatic carbocycles. The number of hydrogen-bond donors (Lipinski definition) is 1. The summed E-state index contributed by atoms with van der Waals surface area (Å²) in [4.78, 5) is 6.42. The average molecular weight is 309 g/mol. The van der Waals surface area contributed by atoms with E-state index in [0.717, 1.165) is 6.54 Å². The number of aromatic nitrogens is 3. The van der Waals surface area contributed by atoms with Crippen molar-refractivity contribution in [1.82, 2.24) is 15.2 Å². The van der Waals surface area contributed by atoms with Crippen molar-refractivity contribution < 1.29 is 4.39 Å². The summed E-state index contributed by atoms with van der Waals surface area (Å²) in [6.07, 6.45) is 1.61. The minimum absolute atomic E-state index is 0.286. The van der Waals surface area contributed by atoms with Crippen LogP contribution in [0.5, 0.6) is 0 Å². The van der Waals surface area contributed by atoms with Crippen molar-refractivity contribution in [1.29, 1.82) is 0 Å². The Balaban J connectivity index is 1.72. The van der Waals surface area contributed by atoms with Crippen LogP contribution in [0, 0.1) is 5.82 Å². The van der Waals surface area contributed by atoms with Crippen LogP contribution in [0.15, 0.2) is 60.8 Å². The van der Waals surface area contributed by atoms with Crippen LogP contribution in [0.1, 0.15) is 5.56 Å². The molecule has 5 nitrogen and oxygen atoms in total. The zero-order valence-corrected chi connectivity index (χ0v) is 12.6. The molecular formula is C17H16FN5. The van der Waals surface area contributed by atoms with E-state index in [1.54, 1.807) is 18.3 Å². The Morgan fingerprint density at radius 2 is 1.78 bits per heavy atom. The van der Waals surface area contributed by atoms with E-state index in [-0.39, 0.29) is 5.82 Å². The molecule has 116 valence electrons. The van der Waals surface area contributed by atoms with Gasteiger partial charge in [0, 0.05) is 19.3 Å². The Hall–Kier alpha value is -3.02. The molecule has 0 amide bonds. The number of halogens is 1. The SMILES string of the molecule is CN(Cc1ccccc1)c1cnnc(Nc2ccc(F)cc2)n1. The Morgan fingerprint density at radius 1 is 1.04 bits per heavy atom. The number of benzene rings is 2. The van der Waals surface area contributed by atoms with Crippen LogP contribution >= 0.6 is 0 Å². The van der Waals surface area contributed by atoms with Gasteiger partial charge in [0.25, 0.3) is 0 Å². The highest BCUT2D eigenvalue weighted by Gasteiger charge is 2.07. The molecule has 0 saturated heterocycles. The lowest BCUT2D eigenvalue weighted by Crippen LogP contribution is -2.18. The van der Waals surface area contributed by atoms with E-state index in [1.165, 1.54) is 17.7 Å². The highest BCUT2D eigenvalue weighted by molar-refractivity contribution is 5.54. The van der Waals surface area contributed by atoms with E-state index >= 15 is 0 Å². The topological polar surface area (TPSA) is 53.9 Å². The standard InChI is InChI=1S/C17H16FN5/c1-23(12-13-5-3-2-4-6-13)16-11-19-22-17(21-16)20-15-9-7-14(18)8-10-15/h2-11H,12H2,1H3,(H,20,21,22). The van der Waals surface area contributed by atoms with Crippen molar-refractivity contribution in [2.45, 2.75) is 6.54 Å². The molecule has 0 bridgehead atoms. The van der Waals surface area contributed by atoms with Gasteiger partial charge in [-0.15, -0.1) is 5.10 Å². The lowest BCUT2D eigenvalue weighted by atomic mass is 10.2. The third-order valence-corrected chi connectivity index (χ3v) is 3.30. The smallest absolute Gasteiger partial charge is 0.249 e. The molecule has 0 spiro atoms. The molecule has 6 heteroatoms. The van der Waals surface area contributed by atoms with E-state index in [2.05, 4.69) is 32.6 Å². The second kappa shape index (κ2) is 6.83. The zero-order chi connectivity index (χ0) is 16.1. The van der Waals surface area contributed by atoms with Crippen LogP contribution in [0.3, 0.4) is 0 Å². The zero-order valence-electron chi connectivity index (χ0n) is 12.6. The maximum Gasteiger partial charge on any atom is 0.249 e. The van der Waals surface area contributed by atoms with Gasteiger partial charge in [-0.3, -0.25) is 0 Å². The highest BCUT2D eigenvalue weighted by Crippen LogP contribution is 2.16. The molecule has 0 fully saturated rings. The van der Waals surface area contributed by atoms with E-state index < -0.39 is 0 Å².